The highest BCUT2D eigenvalue weighted by Crippen LogP contribution is 2.21. The van der Waals surface area contributed by atoms with Crippen LogP contribution < -0.4 is 4.74 Å². The minimum atomic E-state index is 0.548. The molecule has 4 heteroatoms. The minimum absolute atomic E-state index is 0.548. The molecule has 0 spiro atoms. The second-order valence-electron chi connectivity index (χ2n) is 3.45. The highest BCUT2D eigenvalue weighted by molar-refractivity contribution is 6.30. The third kappa shape index (κ3) is 6.53. The zero-order chi connectivity index (χ0) is 15.5. The molecule has 0 N–H and O–H groups in total. The number of aryl methyl sites for hydroxylation is 2. The number of benzene rings is 1. The average molecular weight is 295 g/mol. The van der Waals surface area contributed by atoms with Gasteiger partial charge in [0.15, 0.2) is 0 Å². The first-order valence-electron chi connectivity index (χ1n) is 6.89. The molecule has 0 unspecified atom stereocenters. The fourth-order valence-corrected chi connectivity index (χ4v) is 1.48. The van der Waals surface area contributed by atoms with E-state index in [2.05, 4.69) is 9.97 Å². The molecule has 2 aromatic rings. The topological polar surface area (TPSA) is 35.0 Å². The van der Waals surface area contributed by atoms with E-state index in [4.69, 9.17) is 16.3 Å². The molecule has 1 heterocycles. The summed E-state index contributed by atoms with van der Waals surface area (Å²) in [5.74, 6) is 1.96. The van der Waals surface area contributed by atoms with Gasteiger partial charge in [-0.1, -0.05) is 39.3 Å². The summed E-state index contributed by atoms with van der Waals surface area (Å²) in [6.07, 6.45) is 0. The summed E-state index contributed by atoms with van der Waals surface area (Å²) in [4.78, 5) is 8.36. The fraction of sp³-hybridized carbons (Fsp3) is 0.375. The molecule has 0 fully saturated rings. The van der Waals surface area contributed by atoms with E-state index in [0.717, 1.165) is 5.69 Å². The summed E-state index contributed by atoms with van der Waals surface area (Å²) in [6.45, 7) is 11.7. The number of halogens is 1. The van der Waals surface area contributed by atoms with Crippen molar-refractivity contribution < 1.29 is 4.74 Å². The summed E-state index contributed by atoms with van der Waals surface area (Å²) >= 11 is 5.78. The fourth-order valence-electron chi connectivity index (χ4n) is 1.36. The molecule has 20 heavy (non-hydrogen) atoms. The Balaban J connectivity index is 0.000000829. The zero-order valence-electron chi connectivity index (χ0n) is 13.1. The van der Waals surface area contributed by atoms with Crippen LogP contribution in [0.25, 0.3) is 0 Å². The highest BCUT2D eigenvalue weighted by atomic mass is 35.5. The highest BCUT2D eigenvalue weighted by Gasteiger charge is 2.01. The van der Waals surface area contributed by atoms with E-state index in [-0.39, 0.29) is 0 Å². The molecule has 0 bridgehead atoms. The maximum Gasteiger partial charge on any atom is 0.222 e. The maximum atomic E-state index is 5.78. The van der Waals surface area contributed by atoms with Crippen molar-refractivity contribution in [2.24, 2.45) is 0 Å². The Hall–Kier alpha value is -1.61. The summed E-state index contributed by atoms with van der Waals surface area (Å²) in [7, 11) is 0. The monoisotopic (exact) mass is 294 g/mol. The Morgan fingerprint density at radius 2 is 1.45 bits per heavy atom. The molecular formula is C16H23ClN2O. The van der Waals surface area contributed by atoms with E-state index in [0.29, 0.717) is 22.5 Å². The quantitative estimate of drug-likeness (QED) is 0.724. The molecule has 1 aromatic carbocycles. The van der Waals surface area contributed by atoms with Gasteiger partial charge in [0.25, 0.3) is 0 Å². The molecule has 1 aromatic heterocycles. The second-order valence-corrected chi connectivity index (χ2v) is 3.89. The largest absolute Gasteiger partial charge is 0.439 e. The van der Waals surface area contributed by atoms with Crippen LogP contribution in [0.2, 0.25) is 5.02 Å². The van der Waals surface area contributed by atoms with E-state index in [1.54, 1.807) is 30.3 Å². The van der Waals surface area contributed by atoms with E-state index in [1.807, 2.05) is 41.5 Å². The van der Waals surface area contributed by atoms with Crippen molar-refractivity contribution in [1.29, 1.82) is 0 Å². The number of hydrogen-bond donors (Lipinski definition) is 0. The van der Waals surface area contributed by atoms with Gasteiger partial charge in [0.1, 0.15) is 11.6 Å². The van der Waals surface area contributed by atoms with Crippen LogP contribution in [0.15, 0.2) is 30.3 Å². The molecule has 0 aliphatic heterocycles. The van der Waals surface area contributed by atoms with Gasteiger partial charge in [0.05, 0.1) is 0 Å². The molecule has 0 aliphatic carbocycles. The van der Waals surface area contributed by atoms with Crippen LogP contribution in [-0.2, 0) is 0 Å². The Morgan fingerprint density at radius 1 is 0.900 bits per heavy atom. The van der Waals surface area contributed by atoms with Crippen molar-refractivity contribution in [2.75, 3.05) is 0 Å². The van der Waals surface area contributed by atoms with Crippen LogP contribution in [0.5, 0.6) is 11.6 Å². The summed E-state index contributed by atoms with van der Waals surface area (Å²) in [5.41, 5.74) is 0.886. The van der Waals surface area contributed by atoms with E-state index in [9.17, 15) is 0 Å². The van der Waals surface area contributed by atoms with Crippen LogP contribution >= 0.6 is 11.6 Å². The van der Waals surface area contributed by atoms with Gasteiger partial charge in [-0.05, 0) is 38.1 Å². The van der Waals surface area contributed by atoms with Gasteiger partial charge < -0.3 is 4.74 Å². The van der Waals surface area contributed by atoms with Gasteiger partial charge in [-0.2, -0.15) is 4.98 Å². The summed E-state index contributed by atoms with van der Waals surface area (Å²) in [5, 5.41) is 0.683. The number of nitrogens with zero attached hydrogens (tertiary/aromatic N) is 2. The van der Waals surface area contributed by atoms with Crippen LogP contribution in [0.3, 0.4) is 0 Å². The Labute approximate surface area is 127 Å². The molecule has 2 rings (SSSR count). The number of aromatic nitrogens is 2. The van der Waals surface area contributed by atoms with Gasteiger partial charge in [0.2, 0.25) is 5.88 Å². The third-order valence-electron chi connectivity index (χ3n) is 1.98. The van der Waals surface area contributed by atoms with Crippen molar-refractivity contribution in [2.45, 2.75) is 41.5 Å². The van der Waals surface area contributed by atoms with Crippen molar-refractivity contribution in [3.63, 3.8) is 0 Å². The van der Waals surface area contributed by atoms with Crippen molar-refractivity contribution in [1.82, 2.24) is 9.97 Å². The second kappa shape index (κ2) is 10.2. The molecule has 3 nitrogen and oxygen atoms in total. The zero-order valence-corrected chi connectivity index (χ0v) is 13.8. The molecular weight excluding hydrogens is 272 g/mol. The standard InChI is InChI=1S/C12H11ClN2O.2C2H6/c1-8-7-12(15-9(2)14-8)16-11-5-3-10(13)4-6-11;2*1-2/h3-7H,1-2H3;2*1-2H3. The summed E-state index contributed by atoms with van der Waals surface area (Å²) < 4.78 is 5.59. The minimum Gasteiger partial charge on any atom is -0.439 e. The van der Waals surface area contributed by atoms with Gasteiger partial charge in [-0.15, -0.1) is 0 Å². The summed E-state index contributed by atoms with van der Waals surface area (Å²) in [6, 6.07) is 8.95. The van der Waals surface area contributed by atoms with Crippen LogP contribution in [-0.4, -0.2) is 9.97 Å². The predicted octanol–water partition coefficient (Wildman–Crippen LogP) is 5.59. The molecule has 0 amide bonds. The molecule has 0 radical (unpaired) electrons. The molecule has 110 valence electrons. The lowest BCUT2D eigenvalue weighted by molar-refractivity contribution is 0.459. The average Bonchev–Trinajstić information content (AvgIpc) is 2.45. The normalized spacial score (nSPS) is 8.75. The van der Waals surface area contributed by atoms with Gasteiger partial charge >= 0.3 is 0 Å². The number of rotatable bonds is 2. The first kappa shape index (κ1) is 18.4. The lowest BCUT2D eigenvalue weighted by atomic mass is 10.3. The first-order chi connectivity index (χ1) is 9.63. The van der Waals surface area contributed by atoms with Crippen LogP contribution in [0.1, 0.15) is 39.2 Å². The molecule has 0 saturated heterocycles. The Morgan fingerprint density at radius 3 is 1.95 bits per heavy atom. The molecule has 0 atom stereocenters. The van der Waals surface area contributed by atoms with Crippen molar-refractivity contribution in [3.05, 3.63) is 46.9 Å². The smallest absolute Gasteiger partial charge is 0.222 e. The van der Waals surface area contributed by atoms with Gasteiger partial charge in [-0.3, -0.25) is 0 Å². The first-order valence-corrected chi connectivity index (χ1v) is 7.27. The van der Waals surface area contributed by atoms with Gasteiger partial charge in [-0.25, -0.2) is 4.98 Å². The lowest BCUT2D eigenvalue weighted by Gasteiger charge is -2.05. The lowest BCUT2D eigenvalue weighted by Crippen LogP contribution is -1.94. The number of ether oxygens (including phenoxy) is 1. The molecule has 0 aliphatic rings. The van der Waals surface area contributed by atoms with E-state index < -0.39 is 0 Å². The Kier molecular flexibility index (Phi) is 9.39. The predicted molar refractivity (Wildman–Crippen MR) is 85.7 cm³/mol. The third-order valence-corrected chi connectivity index (χ3v) is 2.23. The Bertz CT molecular complexity index is 478. The molecule has 0 saturated carbocycles. The van der Waals surface area contributed by atoms with Crippen molar-refractivity contribution in [3.8, 4) is 11.6 Å². The van der Waals surface area contributed by atoms with Gasteiger partial charge in [0, 0.05) is 16.8 Å². The van der Waals surface area contributed by atoms with Crippen LogP contribution in [0.4, 0.5) is 0 Å². The van der Waals surface area contributed by atoms with Crippen LogP contribution in [0, 0.1) is 13.8 Å². The van der Waals surface area contributed by atoms with E-state index >= 15 is 0 Å². The maximum absolute atomic E-state index is 5.78. The number of hydrogen-bond acceptors (Lipinski definition) is 3. The SMILES string of the molecule is CC.CC.Cc1cc(Oc2ccc(Cl)cc2)nc(C)n1. The van der Waals surface area contributed by atoms with Crippen molar-refractivity contribution >= 4 is 11.6 Å². The van der Waals surface area contributed by atoms with E-state index in [1.165, 1.54) is 0 Å².